The van der Waals surface area contributed by atoms with E-state index in [-0.39, 0.29) is 7.43 Å². The van der Waals surface area contributed by atoms with Gasteiger partial charge >= 0.3 is 0 Å². The minimum absolute atomic E-state index is 0. The zero-order valence-electron chi connectivity index (χ0n) is 10.6. The van der Waals surface area contributed by atoms with E-state index in [0.717, 1.165) is 11.4 Å². The highest BCUT2D eigenvalue weighted by atomic mass is 14.7. The van der Waals surface area contributed by atoms with Crippen molar-refractivity contribution in [3.63, 3.8) is 0 Å². The third-order valence-corrected chi connectivity index (χ3v) is 2.84. The number of hydrogen-bond donors (Lipinski definition) is 0. The Balaban J connectivity index is 0.00000162. The minimum atomic E-state index is 0. The maximum Gasteiger partial charge on any atom is 0.0662 e. The second-order valence-corrected chi connectivity index (χ2v) is 4.35. The van der Waals surface area contributed by atoms with Gasteiger partial charge in [-0.1, -0.05) is 55.5 Å². The summed E-state index contributed by atoms with van der Waals surface area (Å²) in [4.78, 5) is 4.69. The van der Waals surface area contributed by atoms with E-state index >= 15 is 0 Å². The zero-order valence-corrected chi connectivity index (χ0v) is 10.6. The van der Waals surface area contributed by atoms with Crippen molar-refractivity contribution in [1.29, 1.82) is 0 Å². The molecule has 0 N–H and O–H groups in total. The Morgan fingerprint density at radius 2 is 1.67 bits per heavy atom. The fourth-order valence-electron chi connectivity index (χ4n) is 1.80. The molecule has 18 heavy (non-hydrogen) atoms. The first-order valence-electron chi connectivity index (χ1n) is 5.85. The number of nitrogens with zero attached hydrogens (tertiary/aromatic N) is 1. The van der Waals surface area contributed by atoms with Crippen LogP contribution in [0, 0.1) is 13.8 Å². The SMILES string of the molecule is C.CC(=Nc1ccccc1C)c1cccc(C)c1. The molecule has 0 radical (unpaired) electrons. The molecule has 0 aliphatic rings. The molecule has 2 aromatic carbocycles. The van der Waals surface area contributed by atoms with Gasteiger partial charge in [-0.25, -0.2) is 0 Å². The Hall–Kier alpha value is -1.89. The number of hydrogen-bond acceptors (Lipinski definition) is 1. The van der Waals surface area contributed by atoms with E-state index in [2.05, 4.69) is 62.2 Å². The summed E-state index contributed by atoms with van der Waals surface area (Å²) in [5, 5.41) is 0. The van der Waals surface area contributed by atoms with Gasteiger partial charge in [0.1, 0.15) is 0 Å². The Morgan fingerprint density at radius 1 is 0.944 bits per heavy atom. The molecule has 2 rings (SSSR count). The van der Waals surface area contributed by atoms with E-state index in [1.807, 2.05) is 12.1 Å². The van der Waals surface area contributed by atoms with Crippen LogP contribution in [0.1, 0.15) is 31.0 Å². The molecule has 0 aliphatic carbocycles. The molecule has 0 atom stereocenters. The van der Waals surface area contributed by atoms with E-state index in [1.54, 1.807) is 0 Å². The van der Waals surface area contributed by atoms with Crippen LogP contribution in [-0.4, -0.2) is 5.71 Å². The third kappa shape index (κ3) is 3.30. The largest absolute Gasteiger partial charge is 0.253 e. The Kier molecular flexibility index (Phi) is 4.85. The maximum atomic E-state index is 4.69. The van der Waals surface area contributed by atoms with Crippen LogP contribution in [-0.2, 0) is 0 Å². The summed E-state index contributed by atoms with van der Waals surface area (Å²) >= 11 is 0. The van der Waals surface area contributed by atoms with Gasteiger partial charge in [0, 0.05) is 5.71 Å². The number of aliphatic imine (C=N–C) groups is 1. The predicted molar refractivity (Wildman–Crippen MR) is 81.0 cm³/mol. The quantitative estimate of drug-likeness (QED) is 0.648. The Morgan fingerprint density at radius 3 is 2.33 bits per heavy atom. The van der Waals surface area contributed by atoms with E-state index in [9.17, 15) is 0 Å². The molecule has 0 unspecified atom stereocenters. The first-order valence-corrected chi connectivity index (χ1v) is 5.85. The normalized spacial score (nSPS) is 10.9. The summed E-state index contributed by atoms with van der Waals surface area (Å²) in [6.45, 7) is 6.24. The molecule has 0 aliphatic heterocycles. The summed E-state index contributed by atoms with van der Waals surface area (Å²) < 4.78 is 0. The average molecular weight is 239 g/mol. The van der Waals surface area contributed by atoms with Gasteiger partial charge in [0.25, 0.3) is 0 Å². The number of rotatable bonds is 2. The molecule has 1 heteroatoms. The van der Waals surface area contributed by atoms with Gasteiger partial charge in [0.2, 0.25) is 0 Å². The van der Waals surface area contributed by atoms with Gasteiger partial charge in [-0.05, 0) is 38.0 Å². The molecule has 0 saturated carbocycles. The molecule has 0 amide bonds. The van der Waals surface area contributed by atoms with Gasteiger partial charge in [0.15, 0.2) is 0 Å². The second kappa shape index (κ2) is 6.15. The molecule has 0 bridgehead atoms. The molecule has 0 aromatic heterocycles. The van der Waals surface area contributed by atoms with E-state index < -0.39 is 0 Å². The fourth-order valence-corrected chi connectivity index (χ4v) is 1.80. The summed E-state index contributed by atoms with van der Waals surface area (Å²) in [7, 11) is 0. The maximum absolute atomic E-state index is 4.69. The van der Waals surface area contributed by atoms with Crippen molar-refractivity contribution >= 4 is 11.4 Å². The lowest BCUT2D eigenvalue weighted by atomic mass is 10.1. The molecule has 0 spiro atoms. The van der Waals surface area contributed by atoms with Gasteiger partial charge in [-0.2, -0.15) is 0 Å². The Bertz CT molecular complexity index is 553. The van der Waals surface area contributed by atoms with Crippen LogP contribution in [0.5, 0.6) is 0 Å². The van der Waals surface area contributed by atoms with Crippen LogP contribution in [0.25, 0.3) is 0 Å². The number of aryl methyl sites for hydroxylation is 2. The monoisotopic (exact) mass is 239 g/mol. The van der Waals surface area contributed by atoms with Gasteiger partial charge < -0.3 is 0 Å². The second-order valence-electron chi connectivity index (χ2n) is 4.35. The van der Waals surface area contributed by atoms with Crippen molar-refractivity contribution in [1.82, 2.24) is 0 Å². The lowest BCUT2D eigenvalue weighted by Crippen LogP contribution is -1.94. The van der Waals surface area contributed by atoms with Crippen molar-refractivity contribution in [3.05, 3.63) is 65.2 Å². The van der Waals surface area contributed by atoms with Crippen LogP contribution in [0.2, 0.25) is 0 Å². The first kappa shape index (κ1) is 14.2. The summed E-state index contributed by atoms with van der Waals surface area (Å²) in [6.07, 6.45) is 0. The number of benzene rings is 2. The highest BCUT2D eigenvalue weighted by molar-refractivity contribution is 6.00. The van der Waals surface area contributed by atoms with Gasteiger partial charge in [0.05, 0.1) is 5.69 Å². The van der Waals surface area contributed by atoms with E-state index in [4.69, 9.17) is 0 Å². The summed E-state index contributed by atoms with van der Waals surface area (Å²) in [5.41, 5.74) is 5.77. The van der Waals surface area contributed by atoms with Crippen LogP contribution >= 0.6 is 0 Å². The lowest BCUT2D eigenvalue weighted by molar-refractivity contribution is 1.38. The topological polar surface area (TPSA) is 12.4 Å². The van der Waals surface area contributed by atoms with Crippen LogP contribution in [0.3, 0.4) is 0 Å². The molecule has 0 saturated heterocycles. The van der Waals surface area contributed by atoms with Gasteiger partial charge in [-0.3, -0.25) is 4.99 Å². The van der Waals surface area contributed by atoms with Crippen molar-refractivity contribution < 1.29 is 0 Å². The smallest absolute Gasteiger partial charge is 0.0662 e. The molecular weight excluding hydrogens is 218 g/mol. The van der Waals surface area contributed by atoms with Crippen molar-refractivity contribution in [2.75, 3.05) is 0 Å². The average Bonchev–Trinajstić information content (AvgIpc) is 2.32. The minimum Gasteiger partial charge on any atom is -0.253 e. The van der Waals surface area contributed by atoms with E-state index in [1.165, 1.54) is 16.7 Å². The van der Waals surface area contributed by atoms with Crippen molar-refractivity contribution in [2.45, 2.75) is 28.2 Å². The Labute approximate surface area is 110 Å². The fraction of sp³-hybridized carbons (Fsp3) is 0.235. The molecule has 0 heterocycles. The van der Waals surface area contributed by atoms with Crippen LogP contribution in [0.15, 0.2) is 53.5 Å². The molecule has 1 nitrogen and oxygen atoms in total. The first-order chi connectivity index (χ1) is 8.16. The highest BCUT2D eigenvalue weighted by Gasteiger charge is 1.99. The van der Waals surface area contributed by atoms with E-state index in [0.29, 0.717) is 0 Å². The lowest BCUT2D eigenvalue weighted by Gasteiger charge is -2.04. The highest BCUT2D eigenvalue weighted by Crippen LogP contribution is 2.19. The molecular formula is C17H21N. The summed E-state index contributed by atoms with van der Waals surface area (Å²) in [5.74, 6) is 0. The molecule has 2 aromatic rings. The summed E-state index contributed by atoms with van der Waals surface area (Å²) in [6, 6.07) is 16.6. The predicted octanol–water partition coefficient (Wildman–Crippen LogP) is 5.08. The zero-order chi connectivity index (χ0) is 12.3. The molecule has 0 fully saturated rings. The van der Waals surface area contributed by atoms with Gasteiger partial charge in [-0.15, -0.1) is 0 Å². The molecule has 94 valence electrons. The number of para-hydroxylation sites is 1. The standard InChI is InChI=1S/C16H17N.CH4/c1-12-7-6-9-15(11-12)14(3)17-16-10-5-4-8-13(16)2;/h4-11H,1-3H3;1H4. The van der Waals surface area contributed by atoms with Crippen LogP contribution in [0.4, 0.5) is 5.69 Å². The van der Waals surface area contributed by atoms with Crippen molar-refractivity contribution in [2.24, 2.45) is 4.99 Å². The van der Waals surface area contributed by atoms with Crippen LogP contribution < -0.4 is 0 Å². The van der Waals surface area contributed by atoms with Crippen molar-refractivity contribution in [3.8, 4) is 0 Å². The third-order valence-electron chi connectivity index (χ3n) is 2.84.